The lowest BCUT2D eigenvalue weighted by molar-refractivity contribution is -0.123. The number of aliphatic hydroxyl groups is 1. The van der Waals surface area contributed by atoms with Crippen molar-refractivity contribution in [3.63, 3.8) is 0 Å². The molecular weight excluding hydrogens is 246 g/mol. The molecule has 0 spiro atoms. The minimum Gasteiger partial charge on any atom is -0.384 e. The summed E-state index contributed by atoms with van der Waals surface area (Å²) in [5.74, 6) is -1.13. The molecule has 1 unspecified atom stereocenters. The van der Waals surface area contributed by atoms with E-state index in [1.54, 1.807) is 12.1 Å². The SMILES string of the molecule is CC(C)Nc1ccc(C(N)=O)cc1NC(=O)C(C)O. The molecular formula is C13H19N3O3. The predicted octanol–water partition coefficient (Wildman–Crippen LogP) is 0.925. The molecule has 0 radical (unpaired) electrons. The van der Waals surface area contributed by atoms with Crippen molar-refractivity contribution >= 4 is 23.2 Å². The molecule has 1 atom stereocenters. The first-order valence-electron chi connectivity index (χ1n) is 6.00. The van der Waals surface area contributed by atoms with E-state index in [2.05, 4.69) is 10.6 Å². The standard InChI is InChI=1S/C13H19N3O3/c1-7(2)15-10-5-4-9(12(14)18)6-11(10)16-13(19)8(3)17/h4-8,15,17H,1-3H3,(H2,14,18)(H,16,19). The molecule has 1 rings (SSSR count). The summed E-state index contributed by atoms with van der Waals surface area (Å²) in [5, 5.41) is 14.9. The Balaban J connectivity index is 3.10. The van der Waals surface area contributed by atoms with E-state index in [-0.39, 0.29) is 11.6 Å². The van der Waals surface area contributed by atoms with Gasteiger partial charge in [-0.1, -0.05) is 0 Å². The maximum absolute atomic E-state index is 11.5. The number of anilines is 2. The zero-order valence-corrected chi connectivity index (χ0v) is 11.2. The van der Waals surface area contributed by atoms with Crippen LogP contribution in [0.1, 0.15) is 31.1 Å². The average Bonchev–Trinajstić information content (AvgIpc) is 2.30. The minimum absolute atomic E-state index is 0.154. The van der Waals surface area contributed by atoms with Crippen molar-refractivity contribution in [3.05, 3.63) is 23.8 Å². The molecule has 0 saturated carbocycles. The van der Waals surface area contributed by atoms with Crippen LogP contribution in [0.2, 0.25) is 0 Å². The summed E-state index contributed by atoms with van der Waals surface area (Å²) in [6.07, 6.45) is -1.14. The molecule has 0 heterocycles. The number of benzene rings is 1. The van der Waals surface area contributed by atoms with E-state index in [1.165, 1.54) is 13.0 Å². The van der Waals surface area contributed by atoms with Crippen LogP contribution < -0.4 is 16.4 Å². The summed E-state index contributed by atoms with van der Waals surface area (Å²) in [6.45, 7) is 5.26. The second-order valence-corrected chi connectivity index (χ2v) is 4.59. The number of primary amides is 1. The lowest BCUT2D eigenvalue weighted by Gasteiger charge is -2.17. The number of nitrogens with one attached hydrogen (secondary N) is 2. The normalized spacial score (nSPS) is 12.1. The van der Waals surface area contributed by atoms with E-state index < -0.39 is 17.9 Å². The van der Waals surface area contributed by atoms with E-state index in [4.69, 9.17) is 5.73 Å². The molecule has 0 saturated heterocycles. The van der Waals surface area contributed by atoms with Crippen LogP contribution in [0.4, 0.5) is 11.4 Å². The third-order valence-corrected chi connectivity index (χ3v) is 2.39. The molecule has 5 N–H and O–H groups in total. The Morgan fingerprint density at radius 2 is 1.84 bits per heavy atom. The van der Waals surface area contributed by atoms with Crippen LogP contribution in [0.3, 0.4) is 0 Å². The molecule has 6 nitrogen and oxygen atoms in total. The number of nitrogens with two attached hydrogens (primary N) is 1. The fraction of sp³-hybridized carbons (Fsp3) is 0.385. The molecule has 104 valence electrons. The van der Waals surface area contributed by atoms with Crippen LogP contribution in [0.25, 0.3) is 0 Å². The zero-order valence-electron chi connectivity index (χ0n) is 11.2. The van der Waals surface area contributed by atoms with Crippen molar-refractivity contribution in [1.82, 2.24) is 0 Å². The van der Waals surface area contributed by atoms with Gasteiger partial charge < -0.3 is 21.5 Å². The highest BCUT2D eigenvalue weighted by molar-refractivity contribution is 6.00. The van der Waals surface area contributed by atoms with Gasteiger partial charge in [0.25, 0.3) is 5.91 Å². The van der Waals surface area contributed by atoms with Crippen LogP contribution in [0.5, 0.6) is 0 Å². The Bertz CT molecular complexity index is 484. The zero-order chi connectivity index (χ0) is 14.6. The Hall–Kier alpha value is -2.08. The number of amides is 2. The number of aliphatic hydroxyl groups excluding tert-OH is 1. The first kappa shape index (κ1) is 15.0. The monoisotopic (exact) mass is 265 g/mol. The predicted molar refractivity (Wildman–Crippen MR) is 74.0 cm³/mol. The van der Waals surface area contributed by atoms with Crippen molar-refractivity contribution in [2.24, 2.45) is 5.73 Å². The van der Waals surface area contributed by atoms with Crippen LogP contribution in [0.15, 0.2) is 18.2 Å². The Labute approximate surface area is 112 Å². The van der Waals surface area contributed by atoms with Gasteiger partial charge in [0.2, 0.25) is 5.91 Å². The summed E-state index contributed by atoms with van der Waals surface area (Å²) in [6, 6.07) is 4.87. The molecule has 2 amide bonds. The molecule has 0 aliphatic rings. The molecule has 1 aromatic rings. The molecule has 0 aliphatic heterocycles. The minimum atomic E-state index is -1.14. The van der Waals surface area contributed by atoms with Gasteiger partial charge in [-0.3, -0.25) is 9.59 Å². The van der Waals surface area contributed by atoms with Crippen LogP contribution >= 0.6 is 0 Å². The van der Waals surface area contributed by atoms with Crippen molar-refractivity contribution < 1.29 is 14.7 Å². The van der Waals surface area contributed by atoms with Gasteiger partial charge in [0, 0.05) is 11.6 Å². The van der Waals surface area contributed by atoms with Crippen molar-refractivity contribution in [3.8, 4) is 0 Å². The number of rotatable bonds is 5. The van der Waals surface area contributed by atoms with E-state index in [9.17, 15) is 14.7 Å². The van der Waals surface area contributed by atoms with Crippen molar-refractivity contribution in [2.75, 3.05) is 10.6 Å². The molecule has 0 fully saturated rings. The number of hydrogen-bond donors (Lipinski definition) is 4. The lowest BCUT2D eigenvalue weighted by Crippen LogP contribution is -2.25. The topological polar surface area (TPSA) is 104 Å². The molecule has 0 aromatic heterocycles. The van der Waals surface area contributed by atoms with Crippen LogP contribution in [0, 0.1) is 0 Å². The second kappa shape index (κ2) is 6.19. The highest BCUT2D eigenvalue weighted by Crippen LogP contribution is 2.24. The van der Waals surface area contributed by atoms with Gasteiger partial charge in [0.05, 0.1) is 11.4 Å². The summed E-state index contributed by atoms with van der Waals surface area (Å²) < 4.78 is 0. The highest BCUT2D eigenvalue weighted by atomic mass is 16.3. The molecule has 6 heteroatoms. The largest absolute Gasteiger partial charge is 0.384 e. The van der Waals surface area contributed by atoms with Gasteiger partial charge in [-0.15, -0.1) is 0 Å². The van der Waals surface area contributed by atoms with Gasteiger partial charge in [0.1, 0.15) is 6.10 Å². The summed E-state index contributed by atoms with van der Waals surface area (Å²) >= 11 is 0. The molecule has 19 heavy (non-hydrogen) atoms. The summed E-state index contributed by atoms with van der Waals surface area (Å²) in [4.78, 5) is 22.7. The Kier molecular flexibility index (Phi) is 4.88. The lowest BCUT2D eigenvalue weighted by atomic mass is 10.1. The molecule has 1 aromatic carbocycles. The van der Waals surface area contributed by atoms with Crippen molar-refractivity contribution in [2.45, 2.75) is 32.9 Å². The van der Waals surface area contributed by atoms with Gasteiger partial charge in [-0.2, -0.15) is 0 Å². The molecule has 0 aliphatic carbocycles. The fourth-order valence-corrected chi connectivity index (χ4v) is 1.47. The summed E-state index contributed by atoms with van der Waals surface area (Å²) in [7, 11) is 0. The van der Waals surface area contributed by atoms with E-state index in [0.29, 0.717) is 11.4 Å². The average molecular weight is 265 g/mol. The quantitative estimate of drug-likeness (QED) is 0.635. The number of carbonyl (C=O) groups excluding carboxylic acids is 2. The van der Waals surface area contributed by atoms with Crippen LogP contribution in [-0.2, 0) is 4.79 Å². The Morgan fingerprint density at radius 3 is 2.32 bits per heavy atom. The maximum atomic E-state index is 11.5. The second-order valence-electron chi connectivity index (χ2n) is 4.59. The van der Waals surface area contributed by atoms with E-state index in [1.807, 2.05) is 13.8 Å². The number of hydrogen-bond acceptors (Lipinski definition) is 4. The first-order chi connectivity index (χ1) is 8.81. The van der Waals surface area contributed by atoms with E-state index in [0.717, 1.165) is 0 Å². The number of carbonyl (C=O) groups is 2. The highest BCUT2D eigenvalue weighted by Gasteiger charge is 2.13. The van der Waals surface area contributed by atoms with E-state index >= 15 is 0 Å². The third kappa shape index (κ3) is 4.26. The molecule has 0 bridgehead atoms. The van der Waals surface area contributed by atoms with Crippen molar-refractivity contribution in [1.29, 1.82) is 0 Å². The third-order valence-electron chi connectivity index (χ3n) is 2.39. The Morgan fingerprint density at radius 1 is 1.21 bits per heavy atom. The first-order valence-corrected chi connectivity index (χ1v) is 6.00. The van der Waals surface area contributed by atoms with Gasteiger partial charge in [0.15, 0.2) is 0 Å². The van der Waals surface area contributed by atoms with Gasteiger partial charge >= 0.3 is 0 Å². The van der Waals surface area contributed by atoms with Gasteiger partial charge in [-0.25, -0.2) is 0 Å². The summed E-state index contributed by atoms with van der Waals surface area (Å²) in [5.41, 5.74) is 6.56. The van der Waals surface area contributed by atoms with Crippen LogP contribution in [-0.4, -0.2) is 29.1 Å². The maximum Gasteiger partial charge on any atom is 0.252 e. The smallest absolute Gasteiger partial charge is 0.252 e. The van der Waals surface area contributed by atoms with Gasteiger partial charge in [-0.05, 0) is 39.0 Å². The fourth-order valence-electron chi connectivity index (χ4n) is 1.47.